The van der Waals surface area contributed by atoms with Crippen molar-refractivity contribution in [3.8, 4) is 17.4 Å². The number of para-hydroxylation sites is 1. The minimum atomic E-state index is 0.201. The second-order valence-corrected chi connectivity index (χ2v) is 4.74. The molecule has 2 aromatic heterocycles. The predicted octanol–water partition coefficient (Wildman–Crippen LogP) is 3.79. The summed E-state index contributed by atoms with van der Waals surface area (Å²) in [6.07, 6.45) is 1.32. The highest BCUT2D eigenvalue weighted by Gasteiger charge is 2.14. The van der Waals surface area contributed by atoms with Crippen LogP contribution >= 0.6 is 11.6 Å². The standard InChI is InChI=1S/C15H12ClN3O2/c1-9-6-7-10-4-3-5-11(12(10)19-9)21-15-13(20-2)14(16)17-8-18-15/h3-8H,1-2H3. The molecule has 6 heteroatoms. The van der Waals surface area contributed by atoms with Crippen LogP contribution in [0, 0.1) is 6.92 Å². The summed E-state index contributed by atoms with van der Waals surface area (Å²) in [5.74, 6) is 1.14. The fourth-order valence-electron chi connectivity index (χ4n) is 1.99. The molecule has 0 spiro atoms. The first-order chi connectivity index (χ1) is 10.2. The van der Waals surface area contributed by atoms with E-state index in [2.05, 4.69) is 15.0 Å². The molecule has 1 aromatic carbocycles. The summed E-state index contributed by atoms with van der Waals surface area (Å²) in [6, 6.07) is 9.63. The molecule has 0 aliphatic carbocycles. The van der Waals surface area contributed by atoms with Crippen LogP contribution in [0.3, 0.4) is 0 Å². The van der Waals surface area contributed by atoms with Crippen LogP contribution < -0.4 is 9.47 Å². The van der Waals surface area contributed by atoms with Crippen LogP contribution in [0.5, 0.6) is 17.4 Å². The molecule has 2 heterocycles. The summed E-state index contributed by atoms with van der Waals surface area (Å²) in [6.45, 7) is 1.93. The lowest BCUT2D eigenvalue weighted by molar-refractivity contribution is 0.368. The van der Waals surface area contributed by atoms with Crippen molar-refractivity contribution in [2.75, 3.05) is 7.11 Å². The van der Waals surface area contributed by atoms with Crippen LogP contribution in [0.1, 0.15) is 5.69 Å². The Labute approximate surface area is 126 Å². The van der Waals surface area contributed by atoms with Crippen LogP contribution in [0.4, 0.5) is 0 Å². The van der Waals surface area contributed by atoms with Crippen molar-refractivity contribution in [1.82, 2.24) is 15.0 Å². The van der Waals surface area contributed by atoms with Crippen molar-refractivity contribution >= 4 is 22.5 Å². The summed E-state index contributed by atoms with van der Waals surface area (Å²) in [4.78, 5) is 12.4. The highest BCUT2D eigenvalue weighted by Crippen LogP contribution is 2.35. The molecule has 106 valence electrons. The molecular formula is C15H12ClN3O2. The van der Waals surface area contributed by atoms with Crippen molar-refractivity contribution < 1.29 is 9.47 Å². The molecule has 0 fully saturated rings. The number of methoxy groups -OCH3 is 1. The zero-order valence-electron chi connectivity index (χ0n) is 11.5. The summed E-state index contributed by atoms with van der Waals surface area (Å²) in [5, 5.41) is 1.18. The zero-order chi connectivity index (χ0) is 14.8. The Morgan fingerprint density at radius 2 is 1.95 bits per heavy atom. The van der Waals surface area contributed by atoms with E-state index in [1.165, 1.54) is 13.4 Å². The number of aromatic nitrogens is 3. The van der Waals surface area contributed by atoms with Crippen molar-refractivity contribution in [1.29, 1.82) is 0 Å². The maximum atomic E-state index is 5.97. The lowest BCUT2D eigenvalue weighted by Gasteiger charge is -2.11. The Morgan fingerprint density at radius 1 is 1.10 bits per heavy atom. The van der Waals surface area contributed by atoms with Gasteiger partial charge in [-0.1, -0.05) is 29.8 Å². The van der Waals surface area contributed by atoms with E-state index in [0.29, 0.717) is 11.5 Å². The van der Waals surface area contributed by atoms with Gasteiger partial charge >= 0.3 is 0 Å². The lowest BCUT2D eigenvalue weighted by Crippen LogP contribution is -1.96. The molecule has 0 aliphatic rings. The topological polar surface area (TPSA) is 57.1 Å². The molecule has 0 N–H and O–H groups in total. The van der Waals surface area contributed by atoms with Gasteiger partial charge in [0.05, 0.1) is 7.11 Å². The van der Waals surface area contributed by atoms with Crippen LogP contribution in [0.25, 0.3) is 10.9 Å². The molecule has 0 atom stereocenters. The number of hydrogen-bond acceptors (Lipinski definition) is 5. The fourth-order valence-corrected chi connectivity index (χ4v) is 2.19. The monoisotopic (exact) mass is 301 g/mol. The SMILES string of the molecule is COc1c(Cl)ncnc1Oc1cccc2ccc(C)nc12. The smallest absolute Gasteiger partial charge is 0.267 e. The Morgan fingerprint density at radius 3 is 2.76 bits per heavy atom. The average molecular weight is 302 g/mol. The third-order valence-corrected chi connectivity index (χ3v) is 3.23. The van der Waals surface area contributed by atoms with Gasteiger partial charge in [-0.2, -0.15) is 4.98 Å². The summed E-state index contributed by atoms with van der Waals surface area (Å²) in [5.41, 5.74) is 1.67. The highest BCUT2D eigenvalue weighted by atomic mass is 35.5. The Bertz CT molecular complexity index is 808. The van der Waals surface area contributed by atoms with E-state index >= 15 is 0 Å². The number of halogens is 1. The third kappa shape index (κ3) is 2.60. The molecule has 3 rings (SSSR count). The van der Waals surface area contributed by atoms with Crippen molar-refractivity contribution in [3.63, 3.8) is 0 Å². The summed E-state index contributed by atoms with van der Waals surface area (Å²) < 4.78 is 11.0. The van der Waals surface area contributed by atoms with Gasteiger partial charge in [0.15, 0.2) is 10.9 Å². The third-order valence-electron chi connectivity index (χ3n) is 2.96. The molecule has 5 nitrogen and oxygen atoms in total. The average Bonchev–Trinajstić information content (AvgIpc) is 2.48. The Hall–Kier alpha value is -2.40. The first-order valence-electron chi connectivity index (χ1n) is 6.28. The van der Waals surface area contributed by atoms with Gasteiger partial charge in [0.1, 0.15) is 11.8 Å². The first-order valence-corrected chi connectivity index (χ1v) is 6.65. The number of pyridine rings is 1. The number of nitrogens with zero attached hydrogens (tertiary/aromatic N) is 3. The Balaban J connectivity index is 2.10. The molecule has 21 heavy (non-hydrogen) atoms. The first kappa shape index (κ1) is 13.6. The second-order valence-electron chi connectivity index (χ2n) is 4.39. The van der Waals surface area contributed by atoms with E-state index < -0.39 is 0 Å². The van der Waals surface area contributed by atoms with Gasteiger partial charge in [0, 0.05) is 11.1 Å². The van der Waals surface area contributed by atoms with Gasteiger partial charge < -0.3 is 9.47 Å². The van der Waals surface area contributed by atoms with Crippen molar-refractivity contribution in [2.45, 2.75) is 6.92 Å². The van der Waals surface area contributed by atoms with E-state index in [1.54, 1.807) is 0 Å². The minimum absolute atomic E-state index is 0.201. The maximum Gasteiger partial charge on any atom is 0.267 e. The molecule has 0 aliphatic heterocycles. The van der Waals surface area contributed by atoms with Crippen LogP contribution in [-0.2, 0) is 0 Å². The zero-order valence-corrected chi connectivity index (χ0v) is 12.3. The van der Waals surface area contributed by atoms with E-state index in [9.17, 15) is 0 Å². The van der Waals surface area contributed by atoms with Gasteiger partial charge in [-0.3, -0.25) is 0 Å². The van der Waals surface area contributed by atoms with Gasteiger partial charge in [-0.05, 0) is 19.1 Å². The van der Waals surface area contributed by atoms with E-state index in [4.69, 9.17) is 21.1 Å². The van der Waals surface area contributed by atoms with Crippen LogP contribution in [0.15, 0.2) is 36.7 Å². The van der Waals surface area contributed by atoms with Gasteiger partial charge in [-0.15, -0.1) is 0 Å². The molecular weight excluding hydrogens is 290 g/mol. The maximum absolute atomic E-state index is 5.97. The minimum Gasteiger partial charge on any atom is -0.489 e. The molecule has 0 unspecified atom stereocenters. The van der Waals surface area contributed by atoms with E-state index in [0.717, 1.165) is 16.6 Å². The van der Waals surface area contributed by atoms with Crippen LogP contribution in [-0.4, -0.2) is 22.1 Å². The molecule has 3 aromatic rings. The highest BCUT2D eigenvalue weighted by molar-refractivity contribution is 6.31. The quantitative estimate of drug-likeness (QED) is 0.689. The molecule has 0 saturated heterocycles. The number of ether oxygens (including phenoxy) is 2. The van der Waals surface area contributed by atoms with E-state index in [1.807, 2.05) is 37.3 Å². The van der Waals surface area contributed by atoms with Crippen molar-refractivity contribution in [3.05, 3.63) is 47.5 Å². The summed E-state index contributed by atoms with van der Waals surface area (Å²) in [7, 11) is 1.49. The number of rotatable bonds is 3. The fraction of sp³-hybridized carbons (Fsp3) is 0.133. The number of fused-ring (bicyclic) bond motifs is 1. The number of aryl methyl sites for hydroxylation is 1. The number of hydrogen-bond donors (Lipinski definition) is 0. The van der Waals surface area contributed by atoms with Gasteiger partial charge in [-0.25, -0.2) is 9.97 Å². The molecule has 0 bridgehead atoms. The Kier molecular flexibility index (Phi) is 3.58. The normalized spacial score (nSPS) is 10.6. The molecule has 0 radical (unpaired) electrons. The molecule has 0 amide bonds. The van der Waals surface area contributed by atoms with E-state index in [-0.39, 0.29) is 11.0 Å². The largest absolute Gasteiger partial charge is 0.489 e. The lowest BCUT2D eigenvalue weighted by atomic mass is 10.2. The number of benzene rings is 1. The molecule has 0 saturated carbocycles. The predicted molar refractivity (Wildman–Crippen MR) is 80.1 cm³/mol. The summed E-state index contributed by atoms with van der Waals surface area (Å²) >= 11 is 5.97. The van der Waals surface area contributed by atoms with Gasteiger partial charge in [0.25, 0.3) is 5.88 Å². The van der Waals surface area contributed by atoms with Crippen LogP contribution in [0.2, 0.25) is 5.15 Å². The van der Waals surface area contributed by atoms with Gasteiger partial charge in [0.2, 0.25) is 5.75 Å². The van der Waals surface area contributed by atoms with Crippen molar-refractivity contribution in [2.24, 2.45) is 0 Å². The second kappa shape index (κ2) is 5.54.